The Bertz CT molecular complexity index is 452. The van der Waals surface area contributed by atoms with E-state index in [0.717, 1.165) is 6.42 Å². The van der Waals surface area contributed by atoms with Crippen molar-refractivity contribution in [2.45, 2.75) is 12.3 Å². The van der Waals surface area contributed by atoms with E-state index in [1.807, 2.05) is 0 Å². The van der Waals surface area contributed by atoms with Crippen LogP contribution in [-0.4, -0.2) is 0 Å². The van der Waals surface area contributed by atoms with Gasteiger partial charge in [-0.3, -0.25) is 6.08 Å². The molecule has 0 saturated carbocycles. The summed E-state index contributed by atoms with van der Waals surface area (Å²) in [6, 6.07) is 8.58. The van der Waals surface area contributed by atoms with Gasteiger partial charge in [-0.05, 0) is 17.0 Å². The summed E-state index contributed by atoms with van der Waals surface area (Å²) in [5.74, 6) is 0.449. The van der Waals surface area contributed by atoms with Gasteiger partial charge in [0.2, 0.25) is 0 Å². The Morgan fingerprint density at radius 1 is 1.13 bits per heavy atom. The van der Waals surface area contributed by atoms with Crippen LogP contribution in [0.3, 0.4) is 0 Å². The van der Waals surface area contributed by atoms with Crippen LogP contribution in [0.25, 0.3) is 6.08 Å². The maximum absolute atomic E-state index is 3.39. The van der Waals surface area contributed by atoms with Crippen LogP contribution in [0.15, 0.2) is 48.1 Å². The predicted molar refractivity (Wildman–Crippen MR) is 58.7 cm³/mol. The van der Waals surface area contributed by atoms with Gasteiger partial charge in [0.25, 0.3) is 0 Å². The molecule has 0 N–H and O–H groups in total. The quantitative estimate of drug-likeness (QED) is 0.509. The Kier molecular flexibility index (Phi) is 3.09. The fourth-order valence-corrected chi connectivity index (χ4v) is 2.16. The Balaban J connectivity index is 0.000000853. The summed E-state index contributed by atoms with van der Waals surface area (Å²) >= 11 is 0. The first kappa shape index (κ1) is 10.7. The minimum Gasteiger partial charge on any atom is -0.269 e. The van der Waals surface area contributed by atoms with E-state index in [1.54, 1.807) is 0 Å². The third kappa shape index (κ3) is 1.80. The van der Waals surface area contributed by atoms with Crippen LogP contribution in [0.5, 0.6) is 0 Å². The van der Waals surface area contributed by atoms with Crippen molar-refractivity contribution in [1.29, 1.82) is 0 Å². The SMILES string of the molecule is [C-]1=C(C2C=Cc3ccccc32)C=CC1.[Ti]. The molecule has 3 rings (SSSR count). The molecule has 0 fully saturated rings. The Hall–Kier alpha value is -0.846. The topological polar surface area (TPSA) is 0 Å². The molecule has 1 atom stereocenters. The molecular formula is C14H11Ti-. The third-order valence-corrected chi connectivity index (χ3v) is 2.86. The van der Waals surface area contributed by atoms with Crippen LogP contribution in [0, 0.1) is 6.08 Å². The average Bonchev–Trinajstić information content (AvgIpc) is 2.85. The van der Waals surface area contributed by atoms with Gasteiger partial charge in [0.15, 0.2) is 0 Å². The molecule has 15 heavy (non-hydrogen) atoms. The van der Waals surface area contributed by atoms with E-state index in [9.17, 15) is 0 Å². The summed E-state index contributed by atoms with van der Waals surface area (Å²) in [5, 5.41) is 0. The molecule has 0 spiro atoms. The zero-order chi connectivity index (χ0) is 9.38. The van der Waals surface area contributed by atoms with Gasteiger partial charge in [-0.15, -0.1) is 6.42 Å². The van der Waals surface area contributed by atoms with Crippen molar-refractivity contribution in [2.75, 3.05) is 0 Å². The van der Waals surface area contributed by atoms with Crippen LogP contribution >= 0.6 is 0 Å². The molecule has 0 heterocycles. The predicted octanol–water partition coefficient (Wildman–Crippen LogP) is 3.48. The van der Waals surface area contributed by atoms with E-state index in [1.165, 1.54) is 16.7 Å². The summed E-state index contributed by atoms with van der Waals surface area (Å²) in [6.07, 6.45) is 13.2. The first-order valence-electron chi connectivity index (χ1n) is 4.99. The number of benzene rings is 1. The number of rotatable bonds is 1. The van der Waals surface area contributed by atoms with Crippen molar-refractivity contribution < 1.29 is 21.7 Å². The summed E-state index contributed by atoms with van der Waals surface area (Å²) in [4.78, 5) is 0. The smallest absolute Gasteiger partial charge is 0 e. The van der Waals surface area contributed by atoms with Crippen LogP contribution in [0.1, 0.15) is 23.5 Å². The molecule has 0 radical (unpaired) electrons. The molecule has 0 saturated heterocycles. The van der Waals surface area contributed by atoms with Crippen LogP contribution < -0.4 is 0 Å². The van der Waals surface area contributed by atoms with Gasteiger partial charge in [-0.1, -0.05) is 36.4 Å². The number of hydrogen-bond donors (Lipinski definition) is 0. The minimum absolute atomic E-state index is 0. The monoisotopic (exact) mass is 227 g/mol. The molecule has 0 aliphatic heterocycles. The van der Waals surface area contributed by atoms with E-state index < -0.39 is 0 Å². The van der Waals surface area contributed by atoms with Gasteiger partial charge < -0.3 is 0 Å². The fraction of sp³-hybridized carbons (Fsp3) is 0.143. The van der Waals surface area contributed by atoms with E-state index in [0.29, 0.717) is 5.92 Å². The summed E-state index contributed by atoms with van der Waals surface area (Å²) in [7, 11) is 0. The fourth-order valence-electron chi connectivity index (χ4n) is 2.16. The molecule has 1 aromatic rings. The van der Waals surface area contributed by atoms with E-state index in [-0.39, 0.29) is 21.7 Å². The second-order valence-electron chi connectivity index (χ2n) is 3.70. The van der Waals surface area contributed by atoms with Crippen LogP contribution in [-0.2, 0) is 21.7 Å². The summed E-state index contributed by atoms with van der Waals surface area (Å²) < 4.78 is 0. The number of fused-ring (bicyclic) bond motifs is 1. The van der Waals surface area contributed by atoms with E-state index in [2.05, 4.69) is 54.6 Å². The second-order valence-corrected chi connectivity index (χ2v) is 3.70. The molecular weight excluding hydrogens is 216 g/mol. The Morgan fingerprint density at radius 2 is 2.00 bits per heavy atom. The number of allylic oxidation sites excluding steroid dienone is 5. The normalized spacial score (nSPS) is 21.1. The minimum atomic E-state index is 0. The summed E-state index contributed by atoms with van der Waals surface area (Å²) in [5.41, 5.74) is 4.10. The molecule has 0 nitrogen and oxygen atoms in total. The number of hydrogen-bond acceptors (Lipinski definition) is 0. The maximum atomic E-state index is 3.39. The van der Waals surface area contributed by atoms with Crippen molar-refractivity contribution in [1.82, 2.24) is 0 Å². The molecule has 0 amide bonds. The molecule has 1 aromatic carbocycles. The van der Waals surface area contributed by atoms with Gasteiger partial charge in [-0.25, -0.2) is 11.6 Å². The molecule has 1 heteroatoms. The first-order chi connectivity index (χ1) is 6.95. The Morgan fingerprint density at radius 3 is 2.80 bits per heavy atom. The van der Waals surface area contributed by atoms with Crippen LogP contribution in [0.4, 0.5) is 0 Å². The van der Waals surface area contributed by atoms with Crippen molar-refractivity contribution in [2.24, 2.45) is 0 Å². The molecule has 1 unspecified atom stereocenters. The van der Waals surface area contributed by atoms with Gasteiger partial charge >= 0.3 is 0 Å². The van der Waals surface area contributed by atoms with Crippen LogP contribution in [0.2, 0.25) is 0 Å². The second kappa shape index (κ2) is 4.34. The van der Waals surface area contributed by atoms with Crippen molar-refractivity contribution >= 4 is 6.08 Å². The molecule has 0 bridgehead atoms. The van der Waals surface area contributed by atoms with Gasteiger partial charge in [0.1, 0.15) is 0 Å². The zero-order valence-electron chi connectivity index (χ0n) is 8.40. The third-order valence-electron chi connectivity index (χ3n) is 2.86. The average molecular weight is 227 g/mol. The van der Waals surface area contributed by atoms with E-state index >= 15 is 0 Å². The first-order valence-corrected chi connectivity index (χ1v) is 4.99. The molecule has 2 aliphatic carbocycles. The van der Waals surface area contributed by atoms with Gasteiger partial charge in [-0.2, -0.15) is 6.08 Å². The molecule has 2 aliphatic rings. The molecule has 0 aromatic heterocycles. The Labute approximate surface area is 105 Å². The summed E-state index contributed by atoms with van der Waals surface area (Å²) in [6.45, 7) is 0. The van der Waals surface area contributed by atoms with Crippen molar-refractivity contribution in [3.8, 4) is 0 Å². The largest absolute Gasteiger partial charge is 0.269 e. The maximum Gasteiger partial charge on any atom is 0 e. The van der Waals surface area contributed by atoms with E-state index in [4.69, 9.17) is 0 Å². The van der Waals surface area contributed by atoms with Gasteiger partial charge in [0.05, 0.1) is 0 Å². The van der Waals surface area contributed by atoms with Gasteiger partial charge in [0, 0.05) is 21.7 Å². The zero-order valence-corrected chi connectivity index (χ0v) is 9.96. The van der Waals surface area contributed by atoms with Crippen molar-refractivity contribution in [3.05, 3.63) is 65.3 Å². The standard InChI is InChI=1S/C14H11.Ti/c1-2-6-11(5-1)14-10-9-12-7-3-4-8-13(12)14;/h1,3-5,7-10,14H,2H2;/q-1;. The molecule has 72 valence electrons. The van der Waals surface area contributed by atoms with Crippen molar-refractivity contribution in [3.63, 3.8) is 0 Å².